The summed E-state index contributed by atoms with van der Waals surface area (Å²) < 4.78 is 0. The molecule has 0 spiro atoms. The number of carbonyl (C=O) groups is 2. The van der Waals surface area contributed by atoms with Crippen LogP contribution in [0.25, 0.3) is 10.8 Å². The normalized spacial score (nSPS) is 11.8. The molecule has 0 saturated carbocycles. The zero-order chi connectivity index (χ0) is 20.1. The second kappa shape index (κ2) is 9.09. The molecule has 0 aliphatic heterocycles. The van der Waals surface area contributed by atoms with Crippen LogP contribution < -0.4 is 10.6 Å². The van der Waals surface area contributed by atoms with Crippen LogP contribution in [0.4, 0.5) is 0 Å². The SMILES string of the molecule is CC(NC(=O)Cc1cccc2ccccc12)C(=O)NCc1ccc(Cl)cc1Cl. The van der Waals surface area contributed by atoms with Crippen LogP contribution in [0.1, 0.15) is 18.1 Å². The van der Waals surface area contributed by atoms with Gasteiger partial charge in [0.1, 0.15) is 6.04 Å². The molecular formula is C22H20Cl2N2O2. The molecule has 0 aliphatic rings. The summed E-state index contributed by atoms with van der Waals surface area (Å²) in [7, 11) is 0. The van der Waals surface area contributed by atoms with Crippen LogP contribution in [0.5, 0.6) is 0 Å². The van der Waals surface area contributed by atoms with Gasteiger partial charge in [-0.3, -0.25) is 9.59 Å². The average Bonchev–Trinajstić information content (AvgIpc) is 2.67. The molecule has 0 saturated heterocycles. The highest BCUT2D eigenvalue weighted by atomic mass is 35.5. The molecule has 0 heterocycles. The topological polar surface area (TPSA) is 58.2 Å². The molecule has 2 N–H and O–H groups in total. The number of carbonyl (C=O) groups excluding carboxylic acids is 2. The molecule has 3 aromatic carbocycles. The third kappa shape index (κ3) is 5.03. The molecule has 1 atom stereocenters. The van der Waals surface area contributed by atoms with Crippen LogP contribution in [0.15, 0.2) is 60.7 Å². The molecule has 0 aromatic heterocycles. The summed E-state index contributed by atoms with van der Waals surface area (Å²) in [6.45, 7) is 1.91. The van der Waals surface area contributed by atoms with Gasteiger partial charge in [0.25, 0.3) is 0 Å². The minimum atomic E-state index is -0.659. The largest absolute Gasteiger partial charge is 0.350 e. The van der Waals surface area contributed by atoms with Crippen molar-refractivity contribution in [3.63, 3.8) is 0 Å². The van der Waals surface area contributed by atoms with Crippen molar-refractivity contribution >= 4 is 45.8 Å². The summed E-state index contributed by atoms with van der Waals surface area (Å²) in [6.07, 6.45) is 0.210. The first-order valence-electron chi connectivity index (χ1n) is 8.91. The maximum absolute atomic E-state index is 12.4. The van der Waals surface area contributed by atoms with Crippen molar-refractivity contribution in [2.75, 3.05) is 0 Å². The average molecular weight is 415 g/mol. The molecule has 0 radical (unpaired) electrons. The van der Waals surface area contributed by atoms with Gasteiger partial charge in [-0.25, -0.2) is 0 Å². The van der Waals surface area contributed by atoms with Gasteiger partial charge in [0.15, 0.2) is 0 Å². The fourth-order valence-electron chi connectivity index (χ4n) is 2.98. The standard InChI is InChI=1S/C22H20Cl2N2O2/c1-14(22(28)25-13-17-9-10-18(23)12-20(17)24)26-21(27)11-16-7-4-6-15-5-2-3-8-19(15)16/h2-10,12,14H,11,13H2,1H3,(H,25,28)(H,26,27). The highest BCUT2D eigenvalue weighted by Crippen LogP contribution is 2.21. The molecule has 4 nitrogen and oxygen atoms in total. The molecule has 3 rings (SSSR count). The Morgan fingerprint density at radius 3 is 2.50 bits per heavy atom. The van der Waals surface area contributed by atoms with Gasteiger partial charge in [0.2, 0.25) is 11.8 Å². The van der Waals surface area contributed by atoms with Crippen LogP contribution >= 0.6 is 23.2 Å². The Kier molecular flexibility index (Phi) is 6.55. The lowest BCUT2D eigenvalue weighted by Crippen LogP contribution is -2.45. The van der Waals surface area contributed by atoms with Gasteiger partial charge in [-0.05, 0) is 41.0 Å². The molecule has 0 fully saturated rings. The Hall–Kier alpha value is -2.56. The van der Waals surface area contributed by atoms with E-state index in [1.807, 2.05) is 42.5 Å². The van der Waals surface area contributed by atoms with Crippen molar-refractivity contribution in [3.8, 4) is 0 Å². The third-order valence-corrected chi connectivity index (χ3v) is 5.06. The van der Waals surface area contributed by atoms with Crippen molar-refractivity contribution in [1.29, 1.82) is 0 Å². The zero-order valence-electron chi connectivity index (χ0n) is 15.3. The van der Waals surface area contributed by atoms with E-state index in [2.05, 4.69) is 10.6 Å². The van der Waals surface area contributed by atoms with Crippen molar-refractivity contribution in [2.24, 2.45) is 0 Å². The number of amides is 2. The molecular weight excluding hydrogens is 395 g/mol. The lowest BCUT2D eigenvalue weighted by atomic mass is 10.0. The van der Waals surface area contributed by atoms with E-state index in [0.717, 1.165) is 21.9 Å². The summed E-state index contributed by atoms with van der Waals surface area (Å²) in [4.78, 5) is 24.7. The predicted molar refractivity (Wildman–Crippen MR) is 114 cm³/mol. The lowest BCUT2D eigenvalue weighted by molar-refractivity contribution is -0.128. The van der Waals surface area contributed by atoms with Crippen LogP contribution in [-0.4, -0.2) is 17.9 Å². The van der Waals surface area contributed by atoms with Crippen molar-refractivity contribution < 1.29 is 9.59 Å². The fraction of sp³-hybridized carbons (Fsp3) is 0.182. The van der Waals surface area contributed by atoms with Crippen molar-refractivity contribution in [1.82, 2.24) is 10.6 Å². The van der Waals surface area contributed by atoms with E-state index in [9.17, 15) is 9.59 Å². The quantitative estimate of drug-likeness (QED) is 0.623. The highest BCUT2D eigenvalue weighted by Gasteiger charge is 2.16. The summed E-state index contributed by atoms with van der Waals surface area (Å²) in [5.74, 6) is -0.485. The first-order chi connectivity index (χ1) is 13.4. The van der Waals surface area contributed by atoms with Gasteiger partial charge in [-0.1, -0.05) is 71.7 Å². The molecule has 0 aliphatic carbocycles. The Balaban J connectivity index is 1.56. The Morgan fingerprint density at radius 2 is 1.71 bits per heavy atom. The maximum atomic E-state index is 12.4. The van der Waals surface area contributed by atoms with Crippen molar-refractivity contribution in [2.45, 2.75) is 25.9 Å². The van der Waals surface area contributed by atoms with Crippen LogP contribution in [-0.2, 0) is 22.6 Å². The predicted octanol–water partition coefficient (Wildman–Crippen LogP) is 4.51. The van der Waals surface area contributed by atoms with E-state index in [1.54, 1.807) is 25.1 Å². The van der Waals surface area contributed by atoms with Gasteiger partial charge in [-0.2, -0.15) is 0 Å². The summed E-state index contributed by atoms with van der Waals surface area (Å²) >= 11 is 12.0. The minimum Gasteiger partial charge on any atom is -0.350 e. The fourth-order valence-corrected chi connectivity index (χ4v) is 3.45. The van der Waals surface area contributed by atoms with E-state index in [-0.39, 0.29) is 24.8 Å². The second-order valence-corrected chi connectivity index (χ2v) is 7.40. The van der Waals surface area contributed by atoms with Crippen molar-refractivity contribution in [3.05, 3.63) is 81.8 Å². The van der Waals surface area contributed by atoms with Crippen LogP contribution in [0.3, 0.4) is 0 Å². The molecule has 144 valence electrons. The Bertz CT molecular complexity index is 1020. The molecule has 0 bridgehead atoms. The van der Waals surface area contributed by atoms with E-state index in [1.165, 1.54) is 0 Å². The number of benzene rings is 3. The van der Waals surface area contributed by atoms with E-state index >= 15 is 0 Å². The molecule has 1 unspecified atom stereocenters. The Labute approximate surface area is 173 Å². The van der Waals surface area contributed by atoms with Gasteiger partial charge in [0.05, 0.1) is 6.42 Å². The van der Waals surface area contributed by atoms with Gasteiger partial charge < -0.3 is 10.6 Å². The molecule has 28 heavy (non-hydrogen) atoms. The number of hydrogen-bond donors (Lipinski definition) is 2. The van der Waals surface area contributed by atoms with Gasteiger partial charge in [-0.15, -0.1) is 0 Å². The molecule has 2 amide bonds. The van der Waals surface area contributed by atoms with E-state index in [0.29, 0.717) is 10.0 Å². The maximum Gasteiger partial charge on any atom is 0.242 e. The summed E-state index contributed by atoms with van der Waals surface area (Å²) in [6, 6.07) is 18.2. The first-order valence-corrected chi connectivity index (χ1v) is 9.67. The smallest absolute Gasteiger partial charge is 0.242 e. The molecule has 6 heteroatoms. The van der Waals surface area contributed by atoms with Gasteiger partial charge >= 0.3 is 0 Å². The van der Waals surface area contributed by atoms with E-state index in [4.69, 9.17) is 23.2 Å². The lowest BCUT2D eigenvalue weighted by Gasteiger charge is -2.15. The van der Waals surface area contributed by atoms with Gasteiger partial charge in [0, 0.05) is 16.6 Å². The van der Waals surface area contributed by atoms with E-state index < -0.39 is 6.04 Å². The van der Waals surface area contributed by atoms with Crippen LogP contribution in [0.2, 0.25) is 10.0 Å². The monoisotopic (exact) mass is 414 g/mol. The highest BCUT2D eigenvalue weighted by molar-refractivity contribution is 6.35. The minimum absolute atomic E-state index is 0.205. The number of rotatable bonds is 6. The first kappa shape index (κ1) is 20.2. The zero-order valence-corrected chi connectivity index (χ0v) is 16.8. The number of nitrogens with one attached hydrogen (secondary N) is 2. The number of fused-ring (bicyclic) bond motifs is 1. The molecule has 3 aromatic rings. The third-order valence-electron chi connectivity index (χ3n) is 4.47. The summed E-state index contributed by atoms with van der Waals surface area (Å²) in [5.41, 5.74) is 1.69. The second-order valence-electron chi connectivity index (χ2n) is 6.56. The van der Waals surface area contributed by atoms with Crippen LogP contribution in [0, 0.1) is 0 Å². The number of halogens is 2. The Morgan fingerprint density at radius 1 is 0.964 bits per heavy atom. The number of hydrogen-bond acceptors (Lipinski definition) is 2. The summed E-state index contributed by atoms with van der Waals surface area (Å²) in [5, 5.41) is 8.67.